The molecule has 0 bridgehead atoms. The van der Waals surface area contributed by atoms with Crippen LogP contribution in [-0.2, 0) is 47.1 Å². The van der Waals surface area contributed by atoms with Crippen LogP contribution in [-0.4, -0.2) is 95.8 Å². The van der Waals surface area contributed by atoms with Crippen molar-refractivity contribution in [3.05, 3.63) is 35.9 Å². The van der Waals surface area contributed by atoms with E-state index in [1.807, 2.05) is 51.1 Å². The van der Waals surface area contributed by atoms with Crippen molar-refractivity contribution >= 4 is 8.32 Å². The van der Waals surface area contributed by atoms with Gasteiger partial charge in [-0.1, -0.05) is 57.0 Å². The van der Waals surface area contributed by atoms with Crippen LogP contribution in [0.25, 0.3) is 0 Å². The van der Waals surface area contributed by atoms with Gasteiger partial charge in [-0.15, -0.1) is 6.42 Å². The maximum atomic E-state index is 7.10. The third-order valence-electron chi connectivity index (χ3n) is 9.04. The number of terminal acetylenes is 1. The summed E-state index contributed by atoms with van der Waals surface area (Å²) in [6.07, 6.45) is -0.529. The van der Waals surface area contributed by atoms with Crippen molar-refractivity contribution in [1.82, 2.24) is 0 Å². The average Bonchev–Trinajstić information content (AvgIpc) is 3.28. The third kappa shape index (κ3) is 6.90. The molecule has 4 heterocycles. The molecular weight excluding hydrogens is 572 g/mol. The standard InChI is InChI=1S/C32H48O10Si/c1-11-17-34-26-25(42-43(9,10)31(3,4)5)23-21(18-35-28(39-23)20-15-13-12-14-16-20)37-30(26)38-22-19(2)36-29(33-8)27-24(22)40-32(6,7)41-27/h1,12-16,19,21-30H,17-18H2,2-10H3/t19-,21+,22-,23+,24+,25-,26-,27+,28?,29+,30-/m0/s1. The highest BCUT2D eigenvalue weighted by Gasteiger charge is 2.59. The molecule has 5 rings (SSSR count). The number of ether oxygens (including phenoxy) is 9. The Bertz CT molecular complexity index is 1120. The molecule has 4 aliphatic rings. The fraction of sp³-hybridized carbons (Fsp3) is 0.750. The second-order valence-corrected chi connectivity index (χ2v) is 18.4. The van der Waals surface area contributed by atoms with E-state index in [1.54, 1.807) is 7.11 Å². The van der Waals surface area contributed by atoms with Crippen LogP contribution in [0.2, 0.25) is 18.1 Å². The Hall–Kier alpha value is -1.40. The first-order valence-corrected chi connectivity index (χ1v) is 18.0. The molecule has 0 amide bonds. The molecule has 0 aromatic heterocycles. The Morgan fingerprint density at radius 2 is 1.65 bits per heavy atom. The molecule has 43 heavy (non-hydrogen) atoms. The van der Waals surface area contributed by atoms with Crippen LogP contribution < -0.4 is 0 Å². The Labute approximate surface area is 257 Å². The molecule has 11 atom stereocenters. The molecule has 0 saturated carbocycles. The lowest BCUT2D eigenvalue weighted by atomic mass is 9.96. The normalized spacial score (nSPS) is 39.5. The van der Waals surface area contributed by atoms with Crippen molar-refractivity contribution in [2.75, 3.05) is 20.3 Å². The largest absolute Gasteiger partial charge is 0.408 e. The molecule has 0 spiro atoms. The maximum Gasteiger partial charge on any atom is 0.192 e. The molecule has 240 valence electrons. The molecule has 0 N–H and O–H groups in total. The van der Waals surface area contributed by atoms with Gasteiger partial charge in [-0.2, -0.15) is 0 Å². The lowest BCUT2D eigenvalue weighted by molar-refractivity contribution is -0.380. The van der Waals surface area contributed by atoms with Crippen molar-refractivity contribution in [3.63, 3.8) is 0 Å². The molecule has 0 radical (unpaired) electrons. The minimum absolute atomic E-state index is 0.0441. The van der Waals surface area contributed by atoms with Crippen LogP contribution in [0, 0.1) is 12.3 Å². The van der Waals surface area contributed by atoms with Gasteiger partial charge in [-0.05, 0) is 38.9 Å². The van der Waals surface area contributed by atoms with E-state index in [-0.39, 0.29) is 18.3 Å². The molecule has 1 aromatic rings. The van der Waals surface area contributed by atoms with Crippen molar-refractivity contribution in [2.24, 2.45) is 0 Å². The highest BCUT2D eigenvalue weighted by Crippen LogP contribution is 2.44. The SMILES string of the molecule is C#CCO[C@@H]1[C@H](O[C@@H]2[C@H]3OC(C)(C)O[C@H]3[C@H](OC)O[C@H]2C)O[C@@H]2COC(c3ccccc3)O[C@H]2[C@@H]1O[Si](C)(C)C(C)(C)C. The lowest BCUT2D eigenvalue weighted by Crippen LogP contribution is -2.67. The van der Waals surface area contributed by atoms with E-state index in [0.717, 1.165) is 5.56 Å². The van der Waals surface area contributed by atoms with Crippen LogP contribution in [0.15, 0.2) is 30.3 Å². The van der Waals surface area contributed by atoms with Gasteiger partial charge >= 0.3 is 0 Å². The van der Waals surface area contributed by atoms with Gasteiger partial charge in [0.1, 0.15) is 49.3 Å². The van der Waals surface area contributed by atoms with Gasteiger partial charge in [0.25, 0.3) is 0 Å². The van der Waals surface area contributed by atoms with E-state index in [1.165, 1.54) is 0 Å². The minimum atomic E-state index is -2.35. The van der Waals surface area contributed by atoms with Crippen molar-refractivity contribution in [2.45, 2.75) is 133 Å². The van der Waals surface area contributed by atoms with E-state index < -0.39 is 81.8 Å². The van der Waals surface area contributed by atoms with Crippen LogP contribution >= 0.6 is 0 Å². The summed E-state index contributed by atoms with van der Waals surface area (Å²) in [6, 6.07) is 9.85. The number of hydrogen-bond acceptors (Lipinski definition) is 10. The molecule has 1 aromatic carbocycles. The van der Waals surface area contributed by atoms with Crippen LogP contribution in [0.5, 0.6) is 0 Å². The van der Waals surface area contributed by atoms with E-state index in [4.69, 9.17) is 53.5 Å². The first kappa shape index (κ1) is 33.0. The molecule has 11 heteroatoms. The predicted molar refractivity (Wildman–Crippen MR) is 159 cm³/mol. The summed E-state index contributed by atoms with van der Waals surface area (Å²) in [5.41, 5.74) is 0.916. The summed E-state index contributed by atoms with van der Waals surface area (Å²) in [7, 11) is -0.760. The summed E-state index contributed by atoms with van der Waals surface area (Å²) in [5.74, 6) is 1.76. The Morgan fingerprint density at radius 1 is 0.953 bits per heavy atom. The van der Waals surface area contributed by atoms with E-state index in [9.17, 15) is 0 Å². The Balaban J connectivity index is 1.47. The van der Waals surface area contributed by atoms with Gasteiger partial charge in [-0.25, -0.2) is 0 Å². The number of fused-ring (bicyclic) bond motifs is 2. The molecule has 0 aliphatic carbocycles. The van der Waals surface area contributed by atoms with Crippen LogP contribution in [0.1, 0.15) is 53.4 Å². The molecule has 4 saturated heterocycles. The quantitative estimate of drug-likeness (QED) is 0.305. The number of benzene rings is 1. The molecule has 10 nitrogen and oxygen atoms in total. The molecular formula is C32H48O10Si. The fourth-order valence-electron chi connectivity index (χ4n) is 5.86. The van der Waals surface area contributed by atoms with Gasteiger partial charge < -0.3 is 47.1 Å². The van der Waals surface area contributed by atoms with E-state index in [2.05, 4.69) is 39.8 Å². The minimum Gasteiger partial charge on any atom is -0.408 e. The smallest absolute Gasteiger partial charge is 0.192 e. The molecule has 4 fully saturated rings. The molecule has 4 aliphatic heterocycles. The zero-order valence-electron chi connectivity index (χ0n) is 26.8. The second-order valence-electron chi connectivity index (χ2n) is 13.7. The van der Waals surface area contributed by atoms with Crippen LogP contribution in [0.4, 0.5) is 0 Å². The highest BCUT2D eigenvalue weighted by molar-refractivity contribution is 6.74. The van der Waals surface area contributed by atoms with E-state index in [0.29, 0.717) is 0 Å². The lowest BCUT2D eigenvalue weighted by Gasteiger charge is -2.53. The van der Waals surface area contributed by atoms with Crippen molar-refractivity contribution < 1.29 is 47.1 Å². The average molecular weight is 621 g/mol. The monoisotopic (exact) mass is 620 g/mol. The first-order chi connectivity index (χ1) is 20.2. The topological polar surface area (TPSA) is 92.3 Å². The Kier molecular flexibility index (Phi) is 9.79. The zero-order valence-corrected chi connectivity index (χ0v) is 27.8. The zero-order chi connectivity index (χ0) is 31.2. The maximum absolute atomic E-state index is 7.10. The van der Waals surface area contributed by atoms with Crippen molar-refractivity contribution in [1.29, 1.82) is 0 Å². The number of hydrogen-bond donors (Lipinski definition) is 0. The van der Waals surface area contributed by atoms with Gasteiger partial charge in [0.2, 0.25) is 0 Å². The summed E-state index contributed by atoms with van der Waals surface area (Å²) in [6.45, 7) is 17.0. The van der Waals surface area contributed by atoms with Crippen molar-refractivity contribution in [3.8, 4) is 12.3 Å². The summed E-state index contributed by atoms with van der Waals surface area (Å²) >= 11 is 0. The molecule has 1 unspecified atom stereocenters. The summed E-state index contributed by atoms with van der Waals surface area (Å²) in [5, 5.41) is -0.0768. The van der Waals surface area contributed by atoms with E-state index >= 15 is 0 Å². The predicted octanol–water partition coefficient (Wildman–Crippen LogP) is 4.53. The first-order valence-electron chi connectivity index (χ1n) is 15.1. The van der Waals surface area contributed by atoms with Gasteiger partial charge in [0, 0.05) is 12.7 Å². The number of rotatable bonds is 8. The summed E-state index contributed by atoms with van der Waals surface area (Å²) < 4.78 is 63.9. The van der Waals surface area contributed by atoms with Gasteiger partial charge in [0.05, 0.1) is 12.7 Å². The second kappa shape index (κ2) is 12.8. The number of methoxy groups -OCH3 is 1. The van der Waals surface area contributed by atoms with Crippen LogP contribution in [0.3, 0.4) is 0 Å². The fourth-order valence-corrected chi connectivity index (χ4v) is 7.16. The summed E-state index contributed by atoms with van der Waals surface area (Å²) in [4.78, 5) is 0. The van der Waals surface area contributed by atoms with Gasteiger partial charge in [-0.3, -0.25) is 0 Å². The Morgan fingerprint density at radius 3 is 2.30 bits per heavy atom. The third-order valence-corrected chi connectivity index (χ3v) is 13.5. The van der Waals surface area contributed by atoms with Gasteiger partial charge in [0.15, 0.2) is 33.0 Å². The highest BCUT2D eigenvalue weighted by atomic mass is 28.4.